The largest absolute Gasteiger partial charge is 0.317 e. The molecule has 1 atom stereocenters. The van der Waals surface area contributed by atoms with E-state index < -0.39 is 0 Å². The fraction of sp³-hybridized carbons (Fsp3) is 0.0678. The predicted octanol–water partition coefficient (Wildman–Crippen LogP) is 15.3. The van der Waals surface area contributed by atoms with Crippen molar-refractivity contribution in [2.75, 3.05) is 4.90 Å². The van der Waals surface area contributed by atoms with E-state index in [1.165, 1.54) is 77.8 Å². The molecule has 2 aliphatic rings. The van der Waals surface area contributed by atoms with E-state index in [0.29, 0.717) is 0 Å². The molecule has 3 nitrogen and oxygen atoms in total. The van der Waals surface area contributed by atoms with Crippen molar-refractivity contribution in [3.8, 4) is 50.3 Å². The Morgan fingerprint density at radius 3 is 1.87 bits per heavy atom. The van der Waals surface area contributed by atoms with E-state index in [2.05, 4.69) is 229 Å². The highest BCUT2D eigenvalue weighted by molar-refractivity contribution is 5.94. The highest BCUT2D eigenvalue weighted by Gasteiger charge is 2.36. The van der Waals surface area contributed by atoms with E-state index in [1.54, 1.807) is 0 Å². The third-order valence-corrected chi connectivity index (χ3v) is 13.4. The van der Waals surface area contributed by atoms with Gasteiger partial charge in [0.1, 0.15) is 0 Å². The fourth-order valence-electron chi connectivity index (χ4n) is 10.3. The van der Waals surface area contributed by atoms with Gasteiger partial charge >= 0.3 is 0 Å². The summed E-state index contributed by atoms with van der Waals surface area (Å²) in [5.41, 5.74) is 22.1. The monoisotopic (exact) mass is 793 g/mol. The number of rotatable bonds is 7. The molecule has 0 radical (unpaired) electrons. The zero-order chi connectivity index (χ0) is 41.4. The summed E-state index contributed by atoms with van der Waals surface area (Å²) in [6, 6.07) is 75.7. The standard InChI is InChI=1S/C59H43N3/c1-59(2)54-18-10-9-17-48(54)49-31-29-47(37-55(49)59)62(46-27-22-40(23-28-46)56-19-11-12-33-60-56)45-25-20-39(21-26-45)42-24-30-50-51(35-42)52-38-57-43(32-34-61(57)44-15-7-4-8-16-44)36-53(52)58(50)41-13-5-3-6-14-41/h3-38,58H,1-2H3. The van der Waals surface area contributed by atoms with Gasteiger partial charge in [-0.25, -0.2) is 0 Å². The molecule has 0 aliphatic heterocycles. The molecule has 0 N–H and O–H groups in total. The summed E-state index contributed by atoms with van der Waals surface area (Å²) < 4.78 is 2.31. The molecule has 2 aliphatic carbocycles. The Bertz CT molecular complexity index is 3290. The van der Waals surface area contributed by atoms with Crippen molar-refractivity contribution < 1.29 is 0 Å². The molecule has 0 spiro atoms. The summed E-state index contributed by atoms with van der Waals surface area (Å²) in [5, 5.41) is 1.25. The van der Waals surface area contributed by atoms with E-state index in [9.17, 15) is 0 Å². The molecule has 2 aromatic heterocycles. The van der Waals surface area contributed by atoms with E-state index in [-0.39, 0.29) is 11.3 Å². The van der Waals surface area contributed by atoms with E-state index in [1.807, 2.05) is 18.3 Å². The molecule has 294 valence electrons. The molecule has 62 heavy (non-hydrogen) atoms. The van der Waals surface area contributed by atoms with Gasteiger partial charge in [-0.05, 0) is 146 Å². The molecular weight excluding hydrogens is 751 g/mol. The number of anilines is 3. The Labute approximate surface area is 362 Å². The van der Waals surface area contributed by atoms with Gasteiger partial charge in [-0.3, -0.25) is 4.98 Å². The first-order valence-corrected chi connectivity index (χ1v) is 21.6. The van der Waals surface area contributed by atoms with Gasteiger partial charge in [0.05, 0.1) is 11.2 Å². The molecule has 0 amide bonds. The van der Waals surface area contributed by atoms with Gasteiger partial charge in [0.25, 0.3) is 0 Å². The maximum atomic E-state index is 4.62. The van der Waals surface area contributed by atoms with Crippen molar-refractivity contribution in [3.05, 3.63) is 246 Å². The van der Waals surface area contributed by atoms with Crippen LogP contribution in [0.1, 0.15) is 47.6 Å². The van der Waals surface area contributed by atoms with Gasteiger partial charge in [-0.15, -0.1) is 0 Å². The molecule has 8 aromatic carbocycles. The Balaban J connectivity index is 0.955. The predicted molar refractivity (Wildman–Crippen MR) is 257 cm³/mol. The van der Waals surface area contributed by atoms with Crippen LogP contribution < -0.4 is 4.90 Å². The lowest BCUT2D eigenvalue weighted by atomic mass is 9.82. The smallest absolute Gasteiger partial charge is 0.0701 e. The number of hydrogen-bond acceptors (Lipinski definition) is 2. The van der Waals surface area contributed by atoms with Crippen molar-refractivity contribution >= 4 is 28.0 Å². The molecule has 10 aromatic rings. The first kappa shape index (κ1) is 36.1. The number of fused-ring (bicyclic) bond motifs is 7. The average Bonchev–Trinajstić information content (AvgIpc) is 3.97. The molecule has 0 fully saturated rings. The SMILES string of the molecule is CC1(C)c2ccccc2-c2ccc(N(c3ccc(-c4ccc5c(c4)-c4cc6c(ccn6-c6ccccc6)cc4C5c4ccccc4)cc3)c3ccc(-c4ccccn4)cc3)cc21. The summed E-state index contributed by atoms with van der Waals surface area (Å²) in [7, 11) is 0. The molecule has 12 rings (SSSR count). The second kappa shape index (κ2) is 14.2. The van der Waals surface area contributed by atoms with Gasteiger partial charge < -0.3 is 9.47 Å². The number of aromatic nitrogens is 2. The minimum absolute atomic E-state index is 0.109. The lowest BCUT2D eigenvalue weighted by molar-refractivity contribution is 0.660. The van der Waals surface area contributed by atoms with Crippen molar-refractivity contribution in [2.45, 2.75) is 25.2 Å². The first-order valence-electron chi connectivity index (χ1n) is 21.6. The molecule has 0 saturated carbocycles. The minimum Gasteiger partial charge on any atom is -0.317 e. The molecule has 3 heteroatoms. The Hall–Kier alpha value is -7.75. The highest BCUT2D eigenvalue weighted by Crippen LogP contribution is 2.52. The van der Waals surface area contributed by atoms with Crippen LogP contribution in [0.3, 0.4) is 0 Å². The lowest BCUT2D eigenvalue weighted by Crippen LogP contribution is -2.16. The van der Waals surface area contributed by atoms with Crippen molar-refractivity contribution in [2.24, 2.45) is 0 Å². The Kier molecular flexibility index (Phi) is 8.26. The molecule has 2 heterocycles. The Morgan fingerprint density at radius 2 is 1.11 bits per heavy atom. The van der Waals surface area contributed by atoms with Crippen LogP contribution in [0, 0.1) is 0 Å². The number of nitrogens with zero attached hydrogens (tertiary/aromatic N) is 3. The van der Waals surface area contributed by atoms with Crippen molar-refractivity contribution in [1.29, 1.82) is 0 Å². The maximum absolute atomic E-state index is 4.62. The second-order valence-corrected chi connectivity index (χ2v) is 17.2. The number of hydrogen-bond donors (Lipinski definition) is 0. The summed E-state index contributed by atoms with van der Waals surface area (Å²) in [6.07, 6.45) is 4.05. The van der Waals surface area contributed by atoms with Crippen LogP contribution in [0.15, 0.2) is 219 Å². The van der Waals surface area contributed by atoms with Crippen molar-refractivity contribution in [1.82, 2.24) is 9.55 Å². The van der Waals surface area contributed by atoms with E-state index in [0.717, 1.165) is 28.3 Å². The molecule has 0 saturated heterocycles. The van der Waals surface area contributed by atoms with Gasteiger partial charge in [-0.1, -0.05) is 135 Å². The third-order valence-electron chi connectivity index (χ3n) is 13.4. The number of para-hydroxylation sites is 1. The van der Waals surface area contributed by atoms with Gasteiger partial charge in [0.15, 0.2) is 0 Å². The second-order valence-electron chi connectivity index (χ2n) is 17.2. The molecular formula is C59H43N3. The normalized spacial score (nSPS) is 14.3. The zero-order valence-electron chi connectivity index (χ0n) is 34.7. The molecule has 0 bridgehead atoms. The van der Waals surface area contributed by atoms with Crippen LogP contribution in [-0.4, -0.2) is 9.55 Å². The molecule has 1 unspecified atom stereocenters. The average molecular weight is 794 g/mol. The lowest BCUT2D eigenvalue weighted by Gasteiger charge is -2.28. The quantitative estimate of drug-likeness (QED) is 0.160. The van der Waals surface area contributed by atoms with Gasteiger partial charge in [0.2, 0.25) is 0 Å². The highest BCUT2D eigenvalue weighted by atomic mass is 15.1. The third kappa shape index (κ3) is 5.77. The van der Waals surface area contributed by atoms with Crippen LogP contribution in [0.2, 0.25) is 0 Å². The van der Waals surface area contributed by atoms with Crippen LogP contribution in [0.25, 0.3) is 61.2 Å². The first-order chi connectivity index (χ1) is 30.5. The number of pyridine rings is 1. The topological polar surface area (TPSA) is 21.1 Å². The van der Waals surface area contributed by atoms with Crippen LogP contribution in [0.4, 0.5) is 17.1 Å². The summed E-state index contributed by atoms with van der Waals surface area (Å²) >= 11 is 0. The van der Waals surface area contributed by atoms with Gasteiger partial charge in [0, 0.05) is 57.4 Å². The van der Waals surface area contributed by atoms with E-state index >= 15 is 0 Å². The van der Waals surface area contributed by atoms with Crippen LogP contribution in [0.5, 0.6) is 0 Å². The van der Waals surface area contributed by atoms with Crippen LogP contribution in [-0.2, 0) is 5.41 Å². The minimum atomic E-state index is -0.109. The van der Waals surface area contributed by atoms with Crippen LogP contribution >= 0.6 is 0 Å². The summed E-state index contributed by atoms with van der Waals surface area (Å²) in [5.74, 6) is 0.171. The zero-order valence-corrected chi connectivity index (χ0v) is 34.7. The van der Waals surface area contributed by atoms with Gasteiger partial charge in [-0.2, -0.15) is 0 Å². The summed E-state index contributed by atoms with van der Waals surface area (Å²) in [4.78, 5) is 7.01. The van der Waals surface area contributed by atoms with Crippen molar-refractivity contribution in [3.63, 3.8) is 0 Å². The maximum Gasteiger partial charge on any atom is 0.0701 e. The number of benzene rings is 8. The summed E-state index contributed by atoms with van der Waals surface area (Å²) in [6.45, 7) is 4.70. The Morgan fingerprint density at radius 1 is 0.468 bits per heavy atom. The fourth-order valence-corrected chi connectivity index (χ4v) is 10.3. The van der Waals surface area contributed by atoms with E-state index in [4.69, 9.17) is 0 Å².